The Morgan fingerprint density at radius 2 is 1.76 bits per heavy atom. The standard InChI is InChI=1S/C28H34ClNO6S2/c1-30(12-5-13-35-24-17-23(34-2)19(18-31)16-22(24)29)20-8-10-21(11-9-20)36-27(32)28(33,25-6-3-14-37-25)26-7-4-15-38-26/h3-4,6-7,14-17,20-21,31,33H,5,8-13,18H2,1-2H3/t20-,21-. The van der Waals surface area contributed by atoms with Crippen molar-refractivity contribution in [2.24, 2.45) is 0 Å². The Labute approximate surface area is 236 Å². The lowest BCUT2D eigenvalue weighted by molar-refractivity contribution is -0.169. The molecule has 2 aromatic heterocycles. The highest BCUT2D eigenvalue weighted by molar-refractivity contribution is 7.12. The normalized spacial score (nSPS) is 17.9. The number of halogens is 1. The molecule has 0 unspecified atom stereocenters. The third-order valence-electron chi connectivity index (χ3n) is 7.01. The van der Waals surface area contributed by atoms with Crippen molar-refractivity contribution in [3.05, 3.63) is 67.5 Å². The van der Waals surface area contributed by atoms with Crippen LogP contribution in [0.2, 0.25) is 5.02 Å². The fourth-order valence-corrected chi connectivity index (χ4v) is 6.77. The summed E-state index contributed by atoms with van der Waals surface area (Å²) in [5.41, 5.74) is -1.14. The molecule has 0 atom stereocenters. The van der Waals surface area contributed by atoms with E-state index in [0.29, 0.717) is 44.5 Å². The zero-order valence-electron chi connectivity index (χ0n) is 21.6. The van der Waals surface area contributed by atoms with Crippen LogP contribution in [0.4, 0.5) is 0 Å². The number of carbonyl (C=O) groups is 1. The zero-order chi connectivity index (χ0) is 27.1. The molecule has 0 aliphatic heterocycles. The molecule has 0 bridgehead atoms. The highest BCUT2D eigenvalue weighted by Gasteiger charge is 2.45. The number of hydrogen-bond acceptors (Lipinski definition) is 9. The molecule has 0 spiro atoms. The predicted molar refractivity (Wildman–Crippen MR) is 150 cm³/mol. The van der Waals surface area contributed by atoms with Gasteiger partial charge in [0.25, 0.3) is 0 Å². The quantitative estimate of drug-likeness (QED) is 0.218. The maximum atomic E-state index is 13.2. The van der Waals surface area contributed by atoms with E-state index in [4.69, 9.17) is 25.8 Å². The molecule has 4 rings (SSSR count). The maximum Gasteiger partial charge on any atom is 0.349 e. The Kier molecular flexibility index (Phi) is 10.1. The van der Waals surface area contributed by atoms with Crippen molar-refractivity contribution < 1.29 is 29.2 Å². The SMILES string of the molecule is COc1cc(OCCCN(C)[C@H]2CC[C@H](OC(=O)C(O)(c3cccs3)c3cccs3)CC2)c(Cl)cc1CO. The van der Waals surface area contributed by atoms with E-state index in [2.05, 4.69) is 11.9 Å². The number of rotatable bonds is 12. The highest BCUT2D eigenvalue weighted by atomic mass is 35.5. The van der Waals surface area contributed by atoms with Crippen LogP contribution in [0.15, 0.2) is 47.2 Å². The molecule has 0 saturated heterocycles. The van der Waals surface area contributed by atoms with Gasteiger partial charge in [0.1, 0.15) is 17.6 Å². The molecular weight excluding hydrogens is 546 g/mol. The molecule has 3 aromatic rings. The molecule has 0 amide bonds. The van der Waals surface area contributed by atoms with Crippen molar-refractivity contribution in [3.8, 4) is 11.5 Å². The Morgan fingerprint density at radius 1 is 1.11 bits per heavy atom. The number of aliphatic hydroxyl groups is 2. The molecule has 1 aromatic carbocycles. The Balaban J connectivity index is 1.23. The number of methoxy groups -OCH3 is 1. The van der Waals surface area contributed by atoms with Gasteiger partial charge in [-0.1, -0.05) is 23.7 Å². The molecule has 2 heterocycles. The number of carbonyl (C=O) groups excluding carboxylic acids is 1. The minimum atomic E-state index is -1.76. The van der Waals surface area contributed by atoms with Crippen LogP contribution >= 0.6 is 34.3 Å². The monoisotopic (exact) mass is 579 g/mol. The van der Waals surface area contributed by atoms with Gasteiger partial charge in [-0.15, -0.1) is 22.7 Å². The minimum absolute atomic E-state index is 0.153. The van der Waals surface area contributed by atoms with Crippen molar-refractivity contribution in [1.82, 2.24) is 4.90 Å². The van der Waals surface area contributed by atoms with Gasteiger partial charge in [-0.05, 0) is 68.1 Å². The van der Waals surface area contributed by atoms with E-state index in [9.17, 15) is 15.0 Å². The molecule has 2 N–H and O–H groups in total. The van der Waals surface area contributed by atoms with Crippen molar-refractivity contribution in [1.29, 1.82) is 0 Å². The van der Waals surface area contributed by atoms with E-state index in [1.807, 2.05) is 22.9 Å². The van der Waals surface area contributed by atoms with Gasteiger partial charge < -0.3 is 29.3 Å². The van der Waals surface area contributed by atoms with Gasteiger partial charge in [0.15, 0.2) is 0 Å². The Morgan fingerprint density at radius 3 is 2.32 bits per heavy atom. The molecule has 1 saturated carbocycles. The van der Waals surface area contributed by atoms with Gasteiger partial charge in [-0.2, -0.15) is 0 Å². The number of nitrogens with zero attached hydrogens (tertiary/aromatic N) is 1. The molecule has 7 nitrogen and oxygen atoms in total. The summed E-state index contributed by atoms with van der Waals surface area (Å²) in [6.45, 7) is 1.21. The predicted octanol–water partition coefficient (Wildman–Crippen LogP) is 5.46. The molecule has 0 radical (unpaired) electrons. The maximum absolute atomic E-state index is 13.2. The van der Waals surface area contributed by atoms with Crippen LogP contribution < -0.4 is 9.47 Å². The number of aliphatic hydroxyl groups excluding tert-OH is 1. The van der Waals surface area contributed by atoms with Gasteiger partial charge in [0.05, 0.1) is 35.1 Å². The first kappa shape index (κ1) is 28.9. The molecule has 10 heteroatoms. The van der Waals surface area contributed by atoms with Crippen LogP contribution in [0.3, 0.4) is 0 Å². The first-order valence-corrected chi connectivity index (χ1v) is 14.8. The van der Waals surface area contributed by atoms with E-state index < -0.39 is 11.6 Å². The Bertz CT molecular complexity index is 1130. The topological polar surface area (TPSA) is 88.5 Å². The molecule has 1 fully saturated rings. The van der Waals surface area contributed by atoms with Crippen LogP contribution in [-0.2, 0) is 21.7 Å². The summed E-state index contributed by atoms with van der Waals surface area (Å²) < 4.78 is 17.0. The van der Waals surface area contributed by atoms with Crippen LogP contribution in [0.1, 0.15) is 47.4 Å². The summed E-state index contributed by atoms with van der Waals surface area (Å²) in [5.74, 6) is 0.486. The zero-order valence-corrected chi connectivity index (χ0v) is 24.0. The van der Waals surface area contributed by atoms with Crippen LogP contribution in [-0.4, -0.2) is 60.5 Å². The average molecular weight is 580 g/mol. The van der Waals surface area contributed by atoms with Gasteiger partial charge in [0.2, 0.25) is 5.60 Å². The van der Waals surface area contributed by atoms with Crippen molar-refractivity contribution in [3.63, 3.8) is 0 Å². The van der Waals surface area contributed by atoms with E-state index in [1.54, 1.807) is 31.4 Å². The van der Waals surface area contributed by atoms with Crippen LogP contribution in [0.5, 0.6) is 11.5 Å². The third kappa shape index (κ3) is 6.52. The lowest BCUT2D eigenvalue weighted by Crippen LogP contribution is -2.42. The number of thiophene rings is 2. The number of ether oxygens (including phenoxy) is 3. The second kappa shape index (κ2) is 13.3. The second-order valence-corrected chi connectivity index (χ2v) is 11.7. The fraction of sp³-hybridized carbons (Fsp3) is 0.464. The fourth-order valence-electron chi connectivity index (χ4n) is 4.81. The van der Waals surface area contributed by atoms with Crippen molar-refractivity contribution >= 4 is 40.2 Å². The van der Waals surface area contributed by atoms with Gasteiger partial charge in [-0.3, -0.25) is 0 Å². The van der Waals surface area contributed by atoms with E-state index in [0.717, 1.165) is 38.6 Å². The largest absolute Gasteiger partial charge is 0.496 e. The van der Waals surface area contributed by atoms with Crippen LogP contribution in [0.25, 0.3) is 0 Å². The molecule has 38 heavy (non-hydrogen) atoms. The Hall–Kier alpha value is -2.14. The van der Waals surface area contributed by atoms with E-state index in [1.165, 1.54) is 22.7 Å². The summed E-state index contributed by atoms with van der Waals surface area (Å²) in [4.78, 5) is 16.7. The number of benzene rings is 1. The van der Waals surface area contributed by atoms with E-state index in [-0.39, 0.29) is 12.7 Å². The summed E-state index contributed by atoms with van der Waals surface area (Å²) >= 11 is 8.98. The van der Waals surface area contributed by atoms with Crippen molar-refractivity contribution in [2.75, 3.05) is 27.3 Å². The highest BCUT2D eigenvalue weighted by Crippen LogP contribution is 2.38. The van der Waals surface area contributed by atoms with Crippen LogP contribution in [0, 0.1) is 0 Å². The summed E-state index contributed by atoms with van der Waals surface area (Å²) in [5, 5.41) is 25.0. The third-order valence-corrected chi connectivity index (χ3v) is 9.26. The van der Waals surface area contributed by atoms with E-state index >= 15 is 0 Å². The lowest BCUT2D eigenvalue weighted by Gasteiger charge is -2.35. The number of esters is 1. The first-order valence-electron chi connectivity index (χ1n) is 12.7. The number of hydrogen-bond donors (Lipinski definition) is 2. The minimum Gasteiger partial charge on any atom is -0.496 e. The lowest BCUT2D eigenvalue weighted by atomic mass is 9.91. The van der Waals surface area contributed by atoms with Gasteiger partial charge in [0, 0.05) is 24.2 Å². The average Bonchev–Trinajstić information content (AvgIpc) is 3.67. The smallest absolute Gasteiger partial charge is 0.349 e. The molecule has 1 aliphatic carbocycles. The van der Waals surface area contributed by atoms with Crippen molar-refractivity contribution in [2.45, 2.75) is 56.5 Å². The summed E-state index contributed by atoms with van der Waals surface area (Å²) in [6.07, 6.45) is 3.96. The molecule has 206 valence electrons. The summed E-state index contributed by atoms with van der Waals surface area (Å²) in [6, 6.07) is 11.0. The molecular formula is C28H34ClNO6S2. The second-order valence-electron chi connectivity index (χ2n) is 9.44. The van der Waals surface area contributed by atoms with Gasteiger partial charge in [-0.25, -0.2) is 4.79 Å². The first-order chi connectivity index (χ1) is 18.4. The molecule has 1 aliphatic rings. The van der Waals surface area contributed by atoms with Gasteiger partial charge >= 0.3 is 5.97 Å². The summed E-state index contributed by atoms with van der Waals surface area (Å²) in [7, 11) is 3.65.